The smallest absolute Gasteiger partial charge is 0.284 e. The molecule has 3 aliphatic heterocycles. The number of ether oxygens (including phenoxy) is 4. The van der Waals surface area contributed by atoms with Gasteiger partial charge in [-0.2, -0.15) is 10.2 Å². The number of aryl methyl sites for hydroxylation is 1. The number of benzene rings is 1. The third-order valence-corrected chi connectivity index (χ3v) is 10.2. The predicted molar refractivity (Wildman–Crippen MR) is 213 cm³/mol. The lowest BCUT2D eigenvalue weighted by atomic mass is 10.0. The number of carbonyl (C=O) groups excluding carboxylic acids is 6. The maximum atomic E-state index is 13.4. The molecular weight excluding hydrogens is 820 g/mol. The number of imide groups is 2. The first-order valence-corrected chi connectivity index (χ1v) is 19.9. The fourth-order valence-electron chi connectivity index (χ4n) is 7.16. The highest BCUT2D eigenvalue weighted by Gasteiger charge is 2.45. The number of piperazine rings is 1. The molecule has 6 heterocycles. The molecule has 4 aromatic rings. The third kappa shape index (κ3) is 10.0. The van der Waals surface area contributed by atoms with Crippen LogP contribution in [0.4, 0.5) is 26.0 Å². The SMILES string of the molecule is Cn1cc(NC(=O)c2cnn3ccc(N4CCN(C(=O)COCCOCCOCCOCCNc5cccc6c5C(=O)N(C5CCC(=O)NC5=O)C6=O)CC4)nc23)c(C(F)F)n1. The predicted octanol–water partition coefficient (Wildman–Crippen LogP) is 0.881. The highest BCUT2D eigenvalue weighted by Crippen LogP contribution is 2.32. The summed E-state index contributed by atoms with van der Waals surface area (Å²) in [7, 11) is 1.48. The Morgan fingerprint density at radius 3 is 2.32 bits per heavy atom. The molecule has 1 unspecified atom stereocenters. The summed E-state index contributed by atoms with van der Waals surface area (Å²) in [5.41, 5.74) is 0.525. The van der Waals surface area contributed by atoms with Crippen molar-refractivity contribution in [3.05, 3.63) is 65.2 Å². The van der Waals surface area contributed by atoms with Gasteiger partial charge in [0.15, 0.2) is 11.3 Å². The number of aromatic nitrogens is 5. The Morgan fingerprint density at radius 2 is 1.61 bits per heavy atom. The number of fused-ring (bicyclic) bond motifs is 2. The van der Waals surface area contributed by atoms with Crippen LogP contribution in [0.1, 0.15) is 56.0 Å². The quantitative estimate of drug-likeness (QED) is 0.0827. The zero-order chi connectivity index (χ0) is 43.8. The van der Waals surface area contributed by atoms with Gasteiger partial charge in [-0.25, -0.2) is 18.3 Å². The number of alkyl halides is 2. The molecule has 0 spiro atoms. The average Bonchev–Trinajstić information content (AvgIpc) is 3.93. The number of nitrogens with one attached hydrogen (secondary N) is 3. The standard InChI is InChI=1S/C39H45F2N11O10/c1-48-22-27(33(47-48)34(40)41)44-36(55)25-21-43-51-9-7-29(45-35(25)51)49-10-12-50(13-11-49)31(54)23-62-20-19-61-18-17-60-16-15-59-14-8-42-26-4-2-3-24-32(26)39(58)52(38(24)57)28-5-6-30(53)46-37(28)56/h2-4,7,9,21-22,28,34,42H,5-6,8,10-20,23H2,1H3,(H,44,55)(H,46,53,56). The van der Waals surface area contributed by atoms with Gasteiger partial charge in [-0.15, -0.1) is 0 Å². The van der Waals surface area contributed by atoms with E-state index in [1.165, 1.54) is 34.7 Å². The van der Waals surface area contributed by atoms with Crippen LogP contribution in [0.15, 0.2) is 42.9 Å². The number of piperidine rings is 1. The molecule has 0 radical (unpaired) electrons. The summed E-state index contributed by atoms with van der Waals surface area (Å²) in [5, 5.41) is 15.7. The molecule has 0 aliphatic carbocycles. The normalized spacial score (nSPS) is 16.7. The van der Waals surface area contributed by atoms with Crippen molar-refractivity contribution in [3.8, 4) is 0 Å². The maximum Gasteiger partial charge on any atom is 0.284 e. The van der Waals surface area contributed by atoms with E-state index < -0.39 is 47.7 Å². The molecule has 0 bridgehead atoms. The first kappa shape index (κ1) is 43.7. The van der Waals surface area contributed by atoms with E-state index in [4.69, 9.17) is 18.9 Å². The molecule has 1 atom stereocenters. The number of rotatable bonds is 20. The van der Waals surface area contributed by atoms with Crippen LogP contribution in [0.2, 0.25) is 0 Å². The molecule has 2 fully saturated rings. The summed E-state index contributed by atoms with van der Waals surface area (Å²) in [5.74, 6) is -2.51. The third-order valence-electron chi connectivity index (χ3n) is 10.2. The van der Waals surface area contributed by atoms with Crippen molar-refractivity contribution in [1.82, 2.24) is 39.5 Å². The number of carbonyl (C=O) groups is 6. The largest absolute Gasteiger partial charge is 0.382 e. The van der Waals surface area contributed by atoms with E-state index in [1.807, 2.05) is 4.90 Å². The van der Waals surface area contributed by atoms with Crippen molar-refractivity contribution < 1.29 is 56.5 Å². The van der Waals surface area contributed by atoms with Gasteiger partial charge in [0.05, 0.1) is 69.3 Å². The van der Waals surface area contributed by atoms with Gasteiger partial charge in [-0.05, 0) is 24.6 Å². The molecule has 23 heteroatoms. The van der Waals surface area contributed by atoms with Crippen LogP contribution >= 0.6 is 0 Å². The van der Waals surface area contributed by atoms with Crippen molar-refractivity contribution in [2.45, 2.75) is 25.3 Å². The van der Waals surface area contributed by atoms with Gasteiger partial charge in [0.25, 0.3) is 24.1 Å². The average molecular weight is 866 g/mol. The van der Waals surface area contributed by atoms with E-state index in [0.717, 1.165) is 4.90 Å². The Balaban J connectivity index is 0.720. The van der Waals surface area contributed by atoms with Crippen LogP contribution < -0.4 is 20.9 Å². The molecule has 2 saturated heterocycles. The molecule has 7 rings (SSSR count). The summed E-state index contributed by atoms with van der Waals surface area (Å²) in [6, 6.07) is 5.55. The zero-order valence-electron chi connectivity index (χ0n) is 33.7. The second-order valence-electron chi connectivity index (χ2n) is 14.3. The summed E-state index contributed by atoms with van der Waals surface area (Å²) in [4.78, 5) is 85.1. The van der Waals surface area contributed by atoms with Crippen molar-refractivity contribution >= 4 is 58.3 Å². The van der Waals surface area contributed by atoms with Gasteiger partial charge >= 0.3 is 0 Å². The van der Waals surface area contributed by atoms with E-state index in [-0.39, 0.29) is 66.6 Å². The van der Waals surface area contributed by atoms with E-state index in [0.29, 0.717) is 77.3 Å². The first-order valence-electron chi connectivity index (χ1n) is 19.9. The molecule has 0 saturated carbocycles. The van der Waals surface area contributed by atoms with E-state index in [2.05, 4.69) is 31.1 Å². The molecule has 330 valence electrons. The lowest BCUT2D eigenvalue weighted by molar-refractivity contribution is -0.137. The lowest BCUT2D eigenvalue weighted by Crippen LogP contribution is -2.54. The molecule has 3 N–H and O–H groups in total. The minimum atomic E-state index is -2.87. The van der Waals surface area contributed by atoms with Gasteiger partial charge in [0.1, 0.15) is 24.0 Å². The second kappa shape index (κ2) is 20.0. The Bertz CT molecular complexity index is 2310. The summed E-state index contributed by atoms with van der Waals surface area (Å²) in [6.07, 6.45) is 1.52. The Labute approximate surface area is 352 Å². The maximum absolute atomic E-state index is 13.4. The highest BCUT2D eigenvalue weighted by molar-refractivity contribution is 6.25. The number of halogens is 2. The van der Waals surface area contributed by atoms with Gasteiger partial charge in [0, 0.05) is 64.3 Å². The van der Waals surface area contributed by atoms with Gasteiger partial charge in [-0.1, -0.05) is 6.07 Å². The molecule has 1 aromatic carbocycles. The van der Waals surface area contributed by atoms with Crippen molar-refractivity contribution in [2.24, 2.45) is 7.05 Å². The van der Waals surface area contributed by atoms with Crippen LogP contribution in [0.3, 0.4) is 0 Å². The van der Waals surface area contributed by atoms with Crippen LogP contribution in [0.25, 0.3) is 5.65 Å². The second-order valence-corrected chi connectivity index (χ2v) is 14.3. The highest BCUT2D eigenvalue weighted by atomic mass is 19.3. The Morgan fingerprint density at radius 1 is 0.903 bits per heavy atom. The summed E-state index contributed by atoms with van der Waals surface area (Å²) >= 11 is 0. The monoisotopic (exact) mass is 865 g/mol. The van der Waals surface area contributed by atoms with Crippen molar-refractivity contribution in [3.63, 3.8) is 0 Å². The van der Waals surface area contributed by atoms with E-state index in [9.17, 15) is 37.5 Å². The van der Waals surface area contributed by atoms with Gasteiger partial charge in [-0.3, -0.25) is 43.7 Å². The molecule has 6 amide bonds. The van der Waals surface area contributed by atoms with Crippen LogP contribution in [0, 0.1) is 0 Å². The summed E-state index contributed by atoms with van der Waals surface area (Å²) in [6.45, 7) is 4.13. The van der Waals surface area contributed by atoms with Crippen LogP contribution in [0.5, 0.6) is 0 Å². The number of nitrogens with zero attached hydrogens (tertiary/aromatic N) is 8. The van der Waals surface area contributed by atoms with Crippen molar-refractivity contribution in [1.29, 1.82) is 0 Å². The lowest BCUT2D eigenvalue weighted by Gasteiger charge is -2.35. The molecule has 3 aromatic heterocycles. The zero-order valence-corrected chi connectivity index (χ0v) is 33.7. The number of amides is 6. The van der Waals surface area contributed by atoms with Gasteiger partial charge in [0.2, 0.25) is 17.7 Å². The number of anilines is 3. The Hall–Kier alpha value is -6.43. The van der Waals surface area contributed by atoms with Crippen molar-refractivity contribution in [2.75, 3.05) is 101 Å². The fraction of sp³-hybridized carbons (Fsp3) is 0.462. The molecular formula is C39H45F2N11O10. The number of hydrogen-bond donors (Lipinski definition) is 3. The van der Waals surface area contributed by atoms with Gasteiger partial charge < -0.3 is 39.4 Å². The van der Waals surface area contributed by atoms with Crippen LogP contribution in [-0.4, -0.2) is 161 Å². The topological polar surface area (TPSA) is 233 Å². The molecule has 21 nitrogen and oxygen atoms in total. The summed E-state index contributed by atoms with van der Waals surface area (Å²) < 4.78 is 51.6. The minimum Gasteiger partial charge on any atom is -0.382 e. The number of hydrogen-bond acceptors (Lipinski definition) is 15. The fourth-order valence-corrected chi connectivity index (χ4v) is 7.16. The first-order chi connectivity index (χ1) is 30.0. The molecule has 3 aliphatic rings. The van der Waals surface area contributed by atoms with E-state index in [1.54, 1.807) is 29.3 Å². The van der Waals surface area contributed by atoms with E-state index >= 15 is 0 Å². The van der Waals surface area contributed by atoms with Crippen LogP contribution in [-0.2, 0) is 40.4 Å². The molecule has 62 heavy (non-hydrogen) atoms. The minimum absolute atomic E-state index is 0.0433. The Kier molecular flexibility index (Phi) is 14.1.